The minimum atomic E-state index is -0.812. The molecule has 67 heavy (non-hydrogen) atoms. The van der Waals surface area contributed by atoms with Gasteiger partial charge in [-0.15, -0.1) is 0 Å². The van der Waals surface area contributed by atoms with Gasteiger partial charge >= 0.3 is 0 Å². The number of halogens is 2. The number of carbonyl (C=O) groups is 2. The molecule has 10 aromatic rings. The van der Waals surface area contributed by atoms with E-state index in [0.717, 1.165) is 16.3 Å². The Hall–Kier alpha value is -8.19. The van der Waals surface area contributed by atoms with E-state index in [1.54, 1.807) is 79.3 Å². The Morgan fingerprint density at radius 2 is 1.07 bits per heavy atom. The molecular weight excluding hydrogens is 890 g/mol. The maximum atomic E-state index is 12.9. The zero-order chi connectivity index (χ0) is 46.3. The maximum absolute atomic E-state index is 12.9. The number of phenolic OH excluding ortho intramolecular Hbond substituents is 2. The highest BCUT2D eigenvalue weighted by Crippen LogP contribution is 2.41. The second kappa shape index (κ2) is 19.9. The molecule has 2 unspecified atom stereocenters. The standard InChI is InChI=1S/C27H20ClN3O3.C26H19ClN2O4/c28-22-14-21(27(33)26-20(22)10-6-12-29-26)25(18-13-17-7-4-5-11-23(17)30-15-18)31-24(32)16-34-19-8-2-1-3-9-19;27-20-14-19(26(31)25-18(20)10-6-12-28-25)24(22-13-16-7-4-5-11-21(16)33-22)29-23(30)15-32-17-8-2-1-3-9-17/h1-15,25,33H,16H2,(H,31,32);1-14,24,31H,15H2,(H,29,30). The highest BCUT2D eigenvalue weighted by molar-refractivity contribution is 6.36. The summed E-state index contributed by atoms with van der Waals surface area (Å²) >= 11 is 13.0. The van der Waals surface area contributed by atoms with E-state index in [0.29, 0.717) is 71.4 Å². The molecule has 12 nitrogen and oxygen atoms in total. The molecule has 332 valence electrons. The van der Waals surface area contributed by atoms with Crippen molar-refractivity contribution in [1.82, 2.24) is 25.6 Å². The van der Waals surface area contributed by atoms with Gasteiger partial charge in [0.1, 0.15) is 51.4 Å². The van der Waals surface area contributed by atoms with Crippen molar-refractivity contribution in [2.24, 2.45) is 0 Å². The Bertz CT molecular complexity index is 3360. The summed E-state index contributed by atoms with van der Waals surface area (Å²) in [5.74, 6) is 0.730. The quantitative estimate of drug-likeness (QED) is 0.0925. The Morgan fingerprint density at radius 3 is 1.66 bits per heavy atom. The van der Waals surface area contributed by atoms with E-state index in [2.05, 4.69) is 25.6 Å². The van der Waals surface area contributed by atoms with Crippen LogP contribution in [0.25, 0.3) is 43.7 Å². The summed E-state index contributed by atoms with van der Waals surface area (Å²) in [6.07, 6.45) is 4.84. The number of aromatic nitrogens is 3. The van der Waals surface area contributed by atoms with Crippen molar-refractivity contribution in [2.45, 2.75) is 12.1 Å². The van der Waals surface area contributed by atoms with Gasteiger partial charge in [-0.1, -0.05) is 96.0 Å². The van der Waals surface area contributed by atoms with Crippen LogP contribution < -0.4 is 20.1 Å². The highest BCUT2D eigenvalue weighted by atomic mass is 35.5. The minimum absolute atomic E-state index is 0.0533. The first kappa shape index (κ1) is 44.0. The first-order valence-electron chi connectivity index (χ1n) is 21.0. The van der Waals surface area contributed by atoms with Crippen LogP contribution in [-0.2, 0) is 9.59 Å². The molecular formula is C53H39Cl2N5O7. The number of nitrogens with one attached hydrogen (secondary N) is 2. The van der Waals surface area contributed by atoms with Gasteiger partial charge in [0.15, 0.2) is 13.2 Å². The third-order valence-corrected chi connectivity index (χ3v) is 11.4. The van der Waals surface area contributed by atoms with Gasteiger partial charge in [0.25, 0.3) is 11.8 Å². The van der Waals surface area contributed by atoms with Gasteiger partial charge in [0.2, 0.25) is 0 Å². The molecule has 10 rings (SSSR count). The predicted molar refractivity (Wildman–Crippen MR) is 259 cm³/mol. The van der Waals surface area contributed by atoms with E-state index in [9.17, 15) is 19.8 Å². The van der Waals surface area contributed by atoms with Crippen LogP contribution in [0.2, 0.25) is 10.0 Å². The Balaban J connectivity index is 0.000000168. The van der Waals surface area contributed by atoms with Gasteiger partial charge in [0, 0.05) is 51.3 Å². The van der Waals surface area contributed by atoms with Crippen LogP contribution in [0.3, 0.4) is 0 Å². The fourth-order valence-electron chi connectivity index (χ4n) is 7.62. The first-order valence-corrected chi connectivity index (χ1v) is 21.8. The molecule has 0 aliphatic carbocycles. The largest absolute Gasteiger partial charge is 0.505 e. The number of amides is 2. The number of rotatable bonds is 12. The average Bonchev–Trinajstić information content (AvgIpc) is 3.81. The lowest BCUT2D eigenvalue weighted by molar-refractivity contribution is -0.124. The van der Waals surface area contributed by atoms with E-state index < -0.39 is 12.1 Å². The van der Waals surface area contributed by atoms with Gasteiger partial charge in [0.05, 0.1) is 21.6 Å². The van der Waals surface area contributed by atoms with Gasteiger partial charge in [-0.2, -0.15) is 0 Å². The fraction of sp³-hybridized carbons (Fsp3) is 0.0755. The number of hydrogen-bond acceptors (Lipinski definition) is 10. The molecule has 2 amide bonds. The normalized spacial score (nSPS) is 12.0. The van der Waals surface area contributed by atoms with Gasteiger partial charge in [-0.25, -0.2) is 0 Å². The molecule has 14 heteroatoms. The number of para-hydroxylation sites is 4. The van der Waals surface area contributed by atoms with Crippen LogP contribution in [-0.4, -0.2) is 50.2 Å². The van der Waals surface area contributed by atoms with Crippen LogP contribution in [0.15, 0.2) is 181 Å². The van der Waals surface area contributed by atoms with E-state index in [4.69, 9.17) is 37.1 Å². The van der Waals surface area contributed by atoms with E-state index in [1.807, 2.05) is 97.1 Å². The van der Waals surface area contributed by atoms with Gasteiger partial charge < -0.3 is 34.7 Å². The summed E-state index contributed by atoms with van der Waals surface area (Å²) in [6, 6.07) is 45.9. The molecule has 4 heterocycles. The lowest BCUT2D eigenvalue weighted by Gasteiger charge is -2.22. The molecule has 4 aromatic heterocycles. The zero-order valence-electron chi connectivity index (χ0n) is 35.3. The molecule has 0 bridgehead atoms. The number of aromatic hydroxyl groups is 2. The molecule has 0 aliphatic heterocycles. The average molecular weight is 929 g/mol. The van der Waals surface area contributed by atoms with Crippen molar-refractivity contribution in [3.8, 4) is 23.0 Å². The minimum Gasteiger partial charge on any atom is -0.505 e. The number of benzene rings is 6. The highest BCUT2D eigenvalue weighted by Gasteiger charge is 2.27. The molecule has 6 aromatic carbocycles. The SMILES string of the molecule is O=C(COc1ccccc1)NC(c1cc2ccccc2o1)c1cc(Cl)c2cccnc2c1O.O=C(COc1ccccc1)NC(c1cnc2ccccc2c1)c1cc(Cl)c2cccnc2c1O. The number of carbonyl (C=O) groups excluding carboxylic acids is 2. The second-order valence-electron chi connectivity index (χ2n) is 15.2. The molecule has 0 saturated carbocycles. The predicted octanol–water partition coefficient (Wildman–Crippen LogP) is 11.1. The number of furan rings is 1. The number of pyridine rings is 3. The fourth-order valence-corrected chi connectivity index (χ4v) is 8.16. The summed E-state index contributed by atoms with van der Waals surface area (Å²) in [4.78, 5) is 38.9. The molecule has 0 spiro atoms. The summed E-state index contributed by atoms with van der Waals surface area (Å²) in [6.45, 7) is -0.400. The Kier molecular flexibility index (Phi) is 13.1. The number of nitrogens with zero attached hydrogens (tertiary/aromatic N) is 3. The lowest BCUT2D eigenvalue weighted by Crippen LogP contribution is -2.33. The van der Waals surface area contributed by atoms with Gasteiger partial charge in [-0.05, 0) is 90.5 Å². The third kappa shape index (κ3) is 9.91. The van der Waals surface area contributed by atoms with Crippen molar-refractivity contribution in [3.05, 3.63) is 209 Å². The number of fused-ring (bicyclic) bond motifs is 4. The number of ether oxygens (including phenoxy) is 2. The van der Waals surface area contributed by atoms with Crippen LogP contribution >= 0.6 is 23.2 Å². The van der Waals surface area contributed by atoms with Crippen molar-refractivity contribution >= 4 is 78.7 Å². The number of hydrogen-bond donors (Lipinski definition) is 4. The summed E-state index contributed by atoms with van der Waals surface area (Å²) in [5, 5.41) is 31.9. The summed E-state index contributed by atoms with van der Waals surface area (Å²) < 4.78 is 17.2. The van der Waals surface area contributed by atoms with Crippen molar-refractivity contribution < 1.29 is 33.7 Å². The molecule has 0 radical (unpaired) electrons. The number of phenols is 2. The third-order valence-electron chi connectivity index (χ3n) is 10.8. The van der Waals surface area contributed by atoms with E-state index in [-0.39, 0.29) is 36.5 Å². The van der Waals surface area contributed by atoms with Crippen LogP contribution in [0.1, 0.15) is 34.5 Å². The van der Waals surface area contributed by atoms with Gasteiger partial charge in [-0.3, -0.25) is 24.5 Å². The molecule has 0 fully saturated rings. The smallest absolute Gasteiger partial charge is 0.258 e. The first-order chi connectivity index (χ1) is 32.7. The van der Waals surface area contributed by atoms with Crippen molar-refractivity contribution in [3.63, 3.8) is 0 Å². The summed E-state index contributed by atoms with van der Waals surface area (Å²) in [7, 11) is 0. The Morgan fingerprint density at radius 1 is 0.567 bits per heavy atom. The van der Waals surface area contributed by atoms with E-state index >= 15 is 0 Å². The lowest BCUT2D eigenvalue weighted by atomic mass is 9.96. The molecule has 0 saturated heterocycles. The monoisotopic (exact) mass is 927 g/mol. The van der Waals surface area contributed by atoms with Crippen molar-refractivity contribution in [1.29, 1.82) is 0 Å². The summed E-state index contributed by atoms with van der Waals surface area (Å²) in [5.41, 5.74) is 3.67. The molecule has 0 aliphatic rings. The zero-order valence-corrected chi connectivity index (χ0v) is 36.9. The second-order valence-corrected chi connectivity index (χ2v) is 16.1. The van der Waals surface area contributed by atoms with Crippen LogP contribution in [0, 0.1) is 0 Å². The topological polar surface area (TPSA) is 169 Å². The van der Waals surface area contributed by atoms with Crippen LogP contribution in [0.5, 0.6) is 23.0 Å². The molecule has 4 N–H and O–H groups in total. The van der Waals surface area contributed by atoms with Crippen LogP contribution in [0.4, 0.5) is 0 Å². The Labute approximate surface area is 393 Å². The van der Waals surface area contributed by atoms with Crippen molar-refractivity contribution in [2.75, 3.05) is 13.2 Å². The molecule has 2 atom stereocenters. The maximum Gasteiger partial charge on any atom is 0.258 e. The van der Waals surface area contributed by atoms with E-state index in [1.165, 1.54) is 0 Å².